The second kappa shape index (κ2) is 5.22. The zero-order valence-corrected chi connectivity index (χ0v) is 8.60. The highest BCUT2D eigenvalue weighted by Crippen LogP contribution is 2.07. The smallest absolute Gasteiger partial charge is 0.222 e. The summed E-state index contributed by atoms with van der Waals surface area (Å²) in [6.07, 6.45) is 3.61. The van der Waals surface area contributed by atoms with Gasteiger partial charge in [-0.1, -0.05) is 13.8 Å². The minimum atomic E-state index is 0.108. The molecule has 1 heterocycles. The number of rotatable bonds is 4. The Labute approximate surface area is 80.3 Å². The van der Waals surface area contributed by atoms with Gasteiger partial charge in [-0.05, 0) is 25.8 Å². The van der Waals surface area contributed by atoms with Crippen LogP contribution in [0.5, 0.6) is 0 Å². The standard InChI is InChI=1S/C10H20N2O/c1-8(2)10(13)12-7-5-9-4-3-6-11-9/h8-9,11H,3-7H2,1-2H3,(H,12,13)/t9-/m0/s1. The number of amides is 1. The Morgan fingerprint density at radius 1 is 1.62 bits per heavy atom. The fraction of sp³-hybridized carbons (Fsp3) is 0.900. The van der Waals surface area contributed by atoms with Crippen molar-refractivity contribution in [2.75, 3.05) is 13.1 Å². The second-order valence-electron chi connectivity index (χ2n) is 4.03. The third-order valence-corrected chi connectivity index (χ3v) is 2.48. The van der Waals surface area contributed by atoms with E-state index in [1.807, 2.05) is 13.8 Å². The molecule has 1 atom stereocenters. The first-order valence-corrected chi connectivity index (χ1v) is 5.21. The number of hydrogen-bond donors (Lipinski definition) is 2. The van der Waals surface area contributed by atoms with E-state index in [-0.39, 0.29) is 11.8 Å². The summed E-state index contributed by atoms with van der Waals surface area (Å²) >= 11 is 0. The summed E-state index contributed by atoms with van der Waals surface area (Å²) < 4.78 is 0. The zero-order chi connectivity index (χ0) is 9.68. The van der Waals surface area contributed by atoms with Crippen LogP contribution in [0, 0.1) is 5.92 Å². The average Bonchev–Trinajstić information content (AvgIpc) is 2.56. The first-order valence-electron chi connectivity index (χ1n) is 5.21. The maximum Gasteiger partial charge on any atom is 0.222 e. The molecule has 0 saturated carbocycles. The van der Waals surface area contributed by atoms with Crippen molar-refractivity contribution in [1.82, 2.24) is 10.6 Å². The van der Waals surface area contributed by atoms with Crippen LogP contribution in [0.2, 0.25) is 0 Å². The Balaban J connectivity index is 2.03. The highest BCUT2D eigenvalue weighted by molar-refractivity contribution is 5.77. The molecular formula is C10H20N2O. The van der Waals surface area contributed by atoms with E-state index in [4.69, 9.17) is 0 Å². The van der Waals surface area contributed by atoms with Gasteiger partial charge in [0.1, 0.15) is 0 Å². The van der Waals surface area contributed by atoms with Crippen LogP contribution < -0.4 is 10.6 Å². The summed E-state index contributed by atoms with van der Waals surface area (Å²) in [6, 6.07) is 0.632. The van der Waals surface area contributed by atoms with Gasteiger partial charge in [0.25, 0.3) is 0 Å². The molecule has 1 rings (SSSR count). The number of nitrogens with one attached hydrogen (secondary N) is 2. The summed E-state index contributed by atoms with van der Waals surface area (Å²) in [5.74, 6) is 0.273. The topological polar surface area (TPSA) is 41.1 Å². The molecule has 1 aliphatic heterocycles. The van der Waals surface area contributed by atoms with E-state index in [1.165, 1.54) is 12.8 Å². The van der Waals surface area contributed by atoms with Crippen molar-refractivity contribution in [3.63, 3.8) is 0 Å². The maximum atomic E-state index is 11.2. The van der Waals surface area contributed by atoms with E-state index in [9.17, 15) is 4.79 Å². The van der Waals surface area contributed by atoms with Crippen LogP contribution in [-0.2, 0) is 4.79 Å². The van der Waals surface area contributed by atoms with Gasteiger partial charge in [0, 0.05) is 18.5 Å². The van der Waals surface area contributed by atoms with Crippen molar-refractivity contribution in [3.05, 3.63) is 0 Å². The van der Waals surface area contributed by atoms with E-state index >= 15 is 0 Å². The van der Waals surface area contributed by atoms with Crippen LogP contribution in [0.1, 0.15) is 33.1 Å². The monoisotopic (exact) mass is 184 g/mol. The molecular weight excluding hydrogens is 164 g/mol. The van der Waals surface area contributed by atoms with Gasteiger partial charge in [0.2, 0.25) is 5.91 Å². The Morgan fingerprint density at radius 2 is 2.38 bits per heavy atom. The molecule has 3 nitrogen and oxygen atoms in total. The van der Waals surface area contributed by atoms with Gasteiger partial charge in [-0.25, -0.2) is 0 Å². The van der Waals surface area contributed by atoms with Crippen molar-refractivity contribution in [1.29, 1.82) is 0 Å². The molecule has 1 fully saturated rings. The van der Waals surface area contributed by atoms with E-state index < -0.39 is 0 Å². The average molecular weight is 184 g/mol. The lowest BCUT2D eigenvalue weighted by molar-refractivity contribution is -0.123. The second-order valence-corrected chi connectivity index (χ2v) is 4.03. The Bertz CT molecular complexity index is 162. The Morgan fingerprint density at radius 3 is 2.92 bits per heavy atom. The number of carbonyl (C=O) groups is 1. The lowest BCUT2D eigenvalue weighted by atomic mass is 10.1. The minimum absolute atomic E-state index is 0.108. The van der Waals surface area contributed by atoms with Crippen molar-refractivity contribution < 1.29 is 4.79 Å². The summed E-state index contributed by atoms with van der Waals surface area (Å²) in [5, 5.41) is 6.34. The maximum absolute atomic E-state index is 11.2. The minimum Gasteiger partial charge on any atom is -0.356 e. The van der Waals surface area contributed by atoms with Crippen molar-refractivity contribution >= 4 is 5.91 Å². The lowest BCUT2D eigenvalue weighted by Crippen LogP contribution is -2.32. The van der Waals surface area contributed by atoms with Gasteiger partial charge in [0.05, 0.1) is 0 Å². The van der Waals surface area contributed by atoms with Crippen LogP contribution in [0.3, 0.4) is 0 Å². The SMILES string of the molecule is CC(C)C(=O)NCC[C@@H]1CCCN1. The molecule has 13 heavy (non-hydrogen) atoms. The molecule has 1 amide bonds. The summed E-state index contributed by atoms with van der Waals surface area (Å²) in [5.41, 5.74) is 0. The van der Waals surface area contributed by atoms with Gasteiger partial charge in [-0.3, -0.25) is 4.79 Å². The van der Waals surface area contributed by atoms with Crippen LogP contribution in [0.25, 0.3) is 0 Å². The molecule has 1 saturated heterocycles. The number of hydrogen-bond acceptors (Lipinski definition) is 2. The molecule has 0 aromatic carbocycles. The van der Waals surface area contributed by atoms with Gasteiger partial charge < -0.3 is 10.6 Å². The van der Waals surface area contributed by atoms with E-state index in [0.29, 0.717) is 6.04 Å². The number of carbonyl (C=O) groups excluding carboxylic acids is 1. The van der Waals surface area contributed by atoms with Crippen LogP contribution >= 0.6 is 0 Å². The highest BCUT2D eigenvalue weighted by atomic mass is 16.1. The van der Waals surface area contributed by atoms with Crippen molar-refractivity contribution in [2.24, 2.45) is 5.92 Å². The van der Waals surface area contributed by atoms with E-state index in [0.717, 1.165) is 19.5 Å². The fourth-order valence-corrected chi connectivity index (χ4v) is 1.58. The highest BCUT2D eigenvalue weighted by Gasteiger charge is 2.13. The van der Waals surface area contributed by atoms with E-state index in [2.05, 4.69) is 10.6 Å². The molecule has 0 bridgehead atoms. The molecule has 0 aliphatic carbocycles. The van der Waals surface area contributed by atoms with Crippen molar-refractivity contribution in [3.8, 4) is 0 Å². The predicted octanol–water partition coefficient (Wildman–Crippen LogP) is 0.901. The molecule has 1 aliphatic rings. The molecule has 2 N–H and O–H groups in total. The Hall–Kier alpha value is -0.570. The zero-order valence-electron chi connectivity index (χ0n) is 8.60. The quantitative estimate of drug-likeness (QED) is 0.681. The van der Waals surface area contributed by atoms with Crippen LogP contribution in [-0.4, -0.2) is 25.0 Å². The molecule has 0 spiro atoms. The van der Waals surface area contributed by atoms with Gasteiger partial charge in [0.15, 0.2) is 0 Å². The van der Waals surface area contributed by atoms with Gasteiger partial charge in [-0.2, -0.15) is 0 Å². The van der Waals surface area contributed by atoms with Crippen LogP contribution in [0.15, 0.2) is 0 Å². The third-order valence-electron chi connectivity index (χ3n) is 2.48. The summed E-state index contributed by atoms with van der Waals surface area (Å²) in [4.78, 5) is 11.2. The third kappa shape index (κ3) is 3.77. The van der Waals surface area contributed by atoms with Crippen molar-refractivity contribution in [2.45, 2.75) is 39.2 Å². The molecule has 0 aromatic heterocycles. The molecule has 0 aromatic rings. The molecule has 76 valence electrons. The molecule has 0 unspecified atom stereocenters. The fourth-order valence-electron chi connectivity index (χ4n) is 1.58. The largest absolute Gasteiger partial charge is 0.356 e. The summed E-state index contributed by atoms with van der Waals surface area (Å²) in [6.45, 7) is 5.80. The normalized spacial score (nSPS) is 22.2. The van der Waals surface area contributed by atoms with Gasteiger partial charge >= 0.3 is 0 Å². The van der Waals surface area contributed by atoms with Gasteiger partial charge in [-0.15, -0.1) is 0 Å². The first kappa shape index (κ1) is 10.5. The van der Waals surface area contributed by atoms with E-state index in [1.54, 1.807) is 0 Å². The van der Waals surface area contributed by atoms with Crippen LogP contribution in [0.4, 0.5) is 0 Å². The molecule has 3 heteroatoms. The lowest BCUT2D eigenvalue weighted by Gasteiger charge is -2.11. The molecule has 0 radical (unpaired) electrons. The Kier molecular flexibility index (Phi) is 4.22. The predicted molar refractivity (Wildman–Crippen MR) is 53.5 cm³/mol. The summed E-state index contributed by atoms with van der Waals surface area (Å²) in [7, 11) is 0. The first-order chi connectivity index (χ1) is 6.20.